The zero-order valence-corrected chi connectivity index (χ0v) is 9.37. The van der Waals surface area contributed by atoms with E-state index in [-0.39, 0.29) is 6.10 Å². The first-order valence-corrected chi connectivity index (χ1v) is 7.76. The van der Waals surface area contributed by atoms with E-state index < -0.39 is 15.4 Å². The third kappa shape index (κ3) is 8.26. The predicted molar refractivity (Wildman–Crippen MR) is 53.5 cm³/mol. The average molecular weight is 190 g/mol. The SMILES string of the molecule is CC(CCB(O)O)O[Si](C)(C)C. The maximum atomic E-state index is 8.61. The highest BCUT2D eigenvalue weighted by Crippen LogP contribution is 2.11. The van der Waals surface area contributed by atoms with E-state index in [1.807, 2.05) is 6.92 Å². The van der Waals surface area contributed by atoms with Gasteiger partial charge < -0.3 is 14.5 Å². The monoisotopic (exact) mass is 190 g/mol. The number of hydrogen-bond acceptors (Lipinski definition) is 3. The Kier molecular flexibility index (Phi) is 5.08. The molecule has 0 aliphatic carbocycles. The normalized spacial score (nSPS) is 14.5. The molecule has 0 aromatic carbocycles. The molecule has 0 radical (unpaired) electrons. The van der Waals surface area contributed by atoms with E-state index in [1.54, 1.807) is 0 Å². The molecular weight excluding hydrogens is 171 g/mol. The van der Waals surface area contributed by atoms with Gasteiger partial charge in [0, 0.05) is 6.10 Å². The third-order valence-electron chi connectivity index (χ3n) is 1.39. The molecule has 5 heteroatoms. The van der Waals surface area contributed by atoms with E-state index >= 15 is 0 Å². The summed E-state index contributed by atoms with van der Waals surface area (Å²) in [5.41, 5.74) is 0. The minimum atomic E-state index is -1.46. The lowest BCUT2D eigenvalue weighted by molar-refractivity contribution is 0.206. The van der Waals surface area contributed by atoms with Crippen LogP contribution < -0.4 is 0 Å². The van der Waals surface area contributed by atoms with Gasteiger partial charge >= 0.3 is 7.12 Å². The Morgan fingerprint density at radius 2 is 1.83 bits per heavy atom. The van der Waals surface area contributed by atoms with Crippen LogP contribution in [-0.4, -0.2) is 31.6 Å². The molecule has 0 fully saturated rings. The van der Waals surface area contributed by atoms with Gasteiger partial charge in [0.1, 0.15) is 0 Å². The lowest BCUT2D eigenvalue weighted by Crippen LogP contribution is -2.31. The van der Waals surface area contributed by atoms with Crippen LogP contribution in [0.2, 0.25) is 26.0 Å². The highest BCUT2D eigenvalue weighted by Gasteiger charge is 2.19. The molecule has 0 bridgehead atoms. The fourth-order valence-electron chi connectivity index (χ4n) is 1.05. The van der Waals surface area contributed by atoms with Gasteiger partial charge in [-0.15, -0.1) is 0 Å². The molecular formula is C7H19BO3Si. The molecule has 0 spiro atoms. The molecule has 1 atom stereocenters. The van der Waals surface area contributed by atoms with Crippen LogP contribution in [0.4, 0.5) is 0 Å². The molecule has 0 rings (SSSR count). The van der Waals surface area contributed by atoms with Crippen LogP contribution in [0.1, 0.15) is 13.3 Å². The van der Waals surface area contributed by atoms with Gasteiger partial charge in [-0.2, -0.15) is 0 Å². The van der Waals surface area contributed by atoms with E-state index in [0.717, 1.165) is 0 Å². The summed E-state index contributed by atoms with van der Waals surface area (Å²) < 4.78 is 5.70. The molecule has 12 heavy (non-hydrogen) atoms. The van der Waals surface area contributed by atoms with Crippen molar-refractivity contribution in [3.05, 3.63) is 0 Å². The summed E-state index contributed by atoms with van der Waals surface area (Å²) in [6.45, 7) is 8.34. The molecule has 0 saturated heterocycles. The Morgan fingerprint density at radius 1 is 1.33 bits per heavy atom. The van der Waals surface area contributed by atoms with Crippen molar-refractivity contribution in [2.45, 2.75) is 45.4 Å². The van der Waals surface area contributed by atoms with Gasteiger partial charge in [0.25, 0.3) is 0 Å². The van der Waals surface area contributed by atoms with Crippen molar-refractivity contribution in [3.8, 4) is 0 Å². The van der Waals surface area contributed by atoms with Gasteiger partial charge in [-0.05, 0) is 39.3 Å². The first-order valence-electron chi connectivity index (χ1n) is 4.35. The zero-order valence-electron chi connectivity index (χ0n) is 8.37. The van der Waals surface area contributed by atoms with E-state index in [4.69, 9.17) is 14.5 Å². The fourth-order valence-corrected chi connectivity index (χ4v) is 2.37. The highest BCUT2D eigenvalue weighted by atomic mass is 28.4. The standard InChI is InChI=1S/C7H19BO3Si/c1-7(5-6-8(9)10)11-12(2,3)4/h7,9-10H,5-6H2,1-4H3. The van der Waals surface area contributed by atoms with Crippen LogP contribution in [0.15, 0.2) is 0 Å². The van der Waals surface area contributed by atoms with Gasteiger partial charge in [-0.3, -0.25) is 0 Å². The second-order valence-electron chi connectivity index (χ2n) is 4.10. The van der Waals surface area contributed by atoms with Gasteiger partial charge in [-0.25, -0.2) is 0 Å². The van der Waals surface area contributed by atoms with Crippen LogP contribution in [0.5, 0.6) is 0 Å². The van der Waals surface area contributed by atoms with Gasteiger partial charge in [0.05, 0.1) is 0 Å². The summed E-state index contributed by atoms with van der Waals surface area (Å²) in [7, 11) is -2.65. The molecule has 0 aliphatic rings. The van der Waals surface area contributed by atoms with Crippen molar-refractivity contribution in [2.75, 3.05) is 0 Å². The molecule has 0 heterocycles. The average Bonchev–Trinajstić information content (AvgIpc) is 1.79. The van der Waals surface area contributed by atoms with Crippen LogP contribution in [0.3, 0.4) is 0 Å². The lowest BCUT2D eigenvalue weighted by Gasteiger charge is -2.23. The van der Waals surface area contributed by atoms with Crippen LogP contribution in [0, 0.1) is 0 Å². The van der Waals surface area contributed by atoms with Crippen LogP contribution in [-0.2, 0) is 4.43 Å². The molecule has 0 aromatic rings. The Labute approximate surface area is 76.0 Å². The summed E-state index contributed by atoms with van der Waals surface area (Å²) in [5, 5.41) is 17.2. The lowest BCUT2D eigenvalue weighted by atomic mass is 9.83. The molecule has 1 unspecified atom stereocenters. The first-order chi connectivity index (χ1) is 5.31. The van der Waals surface area contributed by atoms with Crippen molar-refractivity contribution in [1.29, 1.82) is 0 Å². The molecule has 0 aliphatic heterocycles. The predicted octanol–water partition coefficient (Wildman–Crippen LogP) is 1.09. The second kappa shape index (κ2) is 5.01. The van der Waals surface area contributed by atoms with E-state index in [2.05, 4.69) is 19.6 Å². The van der Waals surface area contributed by atoms with Gasteiger partial charge in [-0.1, -0.05) is 0 Å². The molecule has 0 saturated carbocycles. The van der Waals surface area contributed by atoms with Crippen molar-refractivity contribution in [1.82, 2.24) is 0 Å². The van der Waals surface area contributed by atoms with Crippen LogP contribution >= 0.6 is 0 Å². The topological polar surface area (TPSA) is 49.7 Å². The van der Waals surface area contributed by atoms with E-state index in [9.17, 15) is 0 Å². The quantitative estimate of drug-likeness (QED) is 0.638. The zero-order chi connectivity index (χ0) is 9.78. The minimum absolute atomic E-state index is 0.137. The molecule has 3 nitrogen and oxygen atoms in total. The largest absolute Gasteiger partial charge is 0.451 e. The van der Waals surface area contributed by atoms with Crippen LogP contribution in [0.25, 0.3) is 0 Å². The van der Waals surface area contributed by atoms with Crippen molar-refractivity contribution in [2.24, 2.45) is 0 Å². The van der Waals surface area contributed by atoms with Gasteiger partial charge in [0.15, 0.2) is 8.32 Å². The smallest absolute Gasteiger partial charge is 0.427 e. The minimum Gasteiger partial charge on any atom is -0.427 e. The Morgan fingerprint density at radius 3 is 2.17 bits per heavy atom. The molecule has 72 valence electrons. The Hall–Kier alpha value is 0.162. The van der Waals surface area contributed by atoms with E-state index in [1.165, 1.54) is 0 Å². The summed E-state index contributed by atoms with van der Waals surface area (Å²) in [6, 6.07) is 0. The number of hydrogen-bond donors (Lipinski definition) is 2. The Bertz CT molecular complexity index is 124. The molecule has 0 aromatic heterocycles. The molecule has 2 N–H and O–H groups in total. The van der Waals surface area contributed by atoms with Crippen molar-refractivity contribution < 1.29 is 14.5 Å². The maximum absolute atomic E-state index is 8.61. The molecule has 0 amide bonds. The summed E-state index contributed by atoms with van der Waals surface area (Å²) in [4.78, 5) is 0. The highest BCUT2D eigenvalue weighted by molar-refractivity contribution is 6.69. The van der Waals surface area contributed by atoms with Gasteiger partial charge in [0.2, 0.25) is 0 Å². The third-order valence-corrected chi connectivity index (χ3v) is 2.50. The van der Waals surface area contributed by atoms with E-state index in [0.29, 0.717) is 12.7 Å². The maximum Gasteiger partial charge on any atom is 0.451 e. The first kappa shape index (κ1) is 12.2. The summed E-state index contributed by atoms with van der Waals surface area (Å²) in [5.74, 6) is 0. The summed E-state index contributed by atoms with van der Waals surface area (Å²) >= 11 is 0. The van der Waals surface area contributed by atoms with Crippen molar-refractivity contribution >= 4 is 15.4 Å². The van der Waals surface area contributed by atoms with Crippen molar-refractivity contribution in [3.63, 3.8) is 0 Å². The Balaban J connectivity index is 3.53. The summed E-state index contributed by atoms with van der Waals surface area (Å²) in [6.07, 6.45) is 1.24. The number of rotatable bonds is 5. The second-order valence-corrected chi connectivity index (χ2v) is 8.56. The fraction of sp³-hybridized carbons (Fsp3) is 1.00.